The number of hydrogen-bond donors (Lipinski definition) is 2. The third-order valence-electron chi connectivity index (χ3n) is 5.77. The number of ether oxygens (including phenoxy) is 1. The molecule has 3 heterocycles. The van der Waals surface area contributed by atoms with E-state index >= 15 is 0 Å². The first kappa shape index (κ1) is 17.7. The summed E-state index contributed by atoms with van der Waals surface area (Å²) in [5.74, 6) is 0.848. The van der Waals surface area contributed by atoms with E-state index in [0.29, 0.717) is 6.61 Å². The van der Waals surface area contributed by atoms with Gasteiger partial charge in [-0.15, -0.1) is 5.10 Å². The molecular weight excluding hydrogens is 384 g/mol. The molecule has 1 aliphatic heterocycles. The molecule has 0 fully saturated rings. The number of nitrogens with zero attached hydrogens (tertiary/aromatic N) is 2. The molecule has 5 aromatic rings. The number of para-hydroxylation sites is 1. The van der Waals surface area contributed by atoms with Crippen LogP contribution in [0.5, 0.6) is 5.75 Å². The van der Waals surface area contributed by atoms with E-state index in [2.05, 4.69) is 69.0 Å². The van der Waals surface area contributed by atoms with Gasteiger partial charge in [-0.25, -0.2) is 0 Å². The number of H-pyrrole nitrogens is 1. The third kappa shape index (κ3) is 3.11. The summed E-state index contributed by atoms with van der Waals surface area (Å²) in [5, 5.41) is 13.4. The Morgan fingerprint density at radius 2 is 1.74 bits per heavy atom. The second-order valence-electron chi connectivity index (χ2n) is 7.70. The number of fused-ring (bicyclic) bond motifs is 2. The Morgan fingerprint density at radius 3 is 2.68 bits per heavy atom. The summed E-state index contributed by atoms with van der Waals surface area (Å²) in [6.07, 6.45) is 3.88. The number of benzene rings is 3. The summed E-state index contributed by atoms with van der Waals surface area (Å²) in [6.45, 7) is 0.540. The lowest BCUT2D eigenvalue weighted by Crippen LogP contribution is -2.11. The highest BCUT2D eigenvalue weighted by Gasteiger charge is 2.26. The van der Waals surface area contributed by atoms with Crippen LogP contribution in [0, 0.1) is 0 Å². The molecule has 0 saturated carbocycles. The average Bonchev–Trinajstić information content (AvgIpc) is 3.20. The summed E-state index contributed by atoms with van der Waals surface area (Å²) in [5.41, 5.74) is 7.52. The van der Waals surface area contributed by atoms with E-state index in [9.17, 15) is 0 Å². The van der Waals surface area contributed by atoms with Crippen LogP contribution >= 0.6 is 0 Å². The van der Waals surface area contributed by atoms with Crippen molar-refractivity contribution in [2.45, 2.75) is 12.6 Å². The van der Waals surface area contributed by atoms with Crippen molar-refractivity contribution in [2.75, 3.05) is 5.32 Å². The average molecular weight is 404 g/mol. The molecule has 1 atom stereocenters. The van der Waals surface area contributed by atoms with Crippen LogP contribution in [-0.2, 0) is 6.61 Å². The number of anilines is 1. The molecule has 5 heteroatoms. The summed E-state index contributed by atoms with van der Waals surface area (Å²) in [7, 11) is 0. The van der Waals surface area contributed by atoms with Gasteiger partial charge < -0.3 is 15.0 Å². The molecule has 1 unspecified atom stereocenters. The smallest absolute Gasteiger partial charge is 0.160 e. The molecule has 0 radical (unpaired) electrons. The van der Waals surface area contributed by atoms with Crippen molar-refractivity contribution in [1.29, 1.82) is 0 Å². The van der Waals surface area contributed by atoms with Gasteiger partial charge in [0.05, 0.1) is 12.2 Å². The highest BCUT2D eigenvalue weighted by molar-refractivity contribution is 6.00. The lowest BCUT2D eigenvalue weighted by Gasteiger charge is -2.20. The predicted molar refractivity (Wildman–Crippen MR) is 122 cm³/mol. The Morgan fingerprint density at radius 1 is 0.871 bits per heavy atom. The van der Waals surface area contributed by atoms with Crippen LogP contribution in [0.3, 0.4) is 0 Å². The highest BCUT2D eigenvalue weighted by atomic mass is 16.5. The van der Waals surface area contributed by atoms with Gasteiger partial charge in [-0.05, 0) is 29.3 Å². The van der Waals surface area contributed by atoms with E-state index in [0.717, 1.165) is 50.3 Å². The Kier molecular flexibility index (Phi) is 4.17. The van der Waals surface area contributed by atoms with E-state index < -0.39 is 0 Å². The van der Waals surface area contributed by atoms with Gasteiger partial charge in [0.1, 0.15) is 12.4 Å². The highest BCUT2D eigenvalue weighted by Crippen LogP contribution is 2.43. The second kappa shape index (κ2) is 7.29. The normalized spacial score (nSPS) is 14.5. The van der Waals surface area contributed by atoms with Gasteiger partial charge in [0.2, 0.25) is 0 Å². The van der Waals surface area contributed by atoms with Crippen molar-refractivity contribution in [2.24, 2.45) is 0 Å². The summed E-state index contributed by atoms with van der Waals surface area (Å²) >= 11 is 0. The van der Waals surface area contributed by atoms with Gasteiger partial charge in [-0.2, -0.15) is 5.10 Å². The van der Waals surface area contributed by atoms with Gasteiger partial charge in [-0.1, -0.05) is 60.7 Å². The minimum Gasteiger partial charge on any atom is -0.489 e. The molecule has 5 nitrogen and oxygen atoms in total. The van der Waals surface area contributed by atoms with Crippen molar-refractivity contribution in [3.63, 3.8) is 0 Å². The van der Waals surface area contributed by atoms with E-state index in [4.69, 9.17) is 4.74 Å². The van der Waals surface area contributed by atoms with Crippen molar-refractivity contribution in [3.05, 3.63) is 108 Å². The number of nitrogens with one attached hydrogen (secondary N) is 2. The van der Waals surface area contributed by atoms with Crippen LogP contribution in [0.1, 0.15) is 22.7 Å². The molecule has 150 valence electrons. The maximum Gasteiger partial charge on any atom is 0.160 e. The summed E-state index contributed by atoms with van der Waals surface area (Å²) in [4.78, 5) is 3.29. The minimum absolute atomic E-state index is 0.0411. The van der Waals surface area contributed by atoms with Crippen LogP contribution in [0.4, 0.5) is 5.69 Å². The van der Waals surface area contributed by atoms with Crippen LogP contribution in [-0.4, -0.2) is 15.2 Å². The zero-order valence-electron chi connectivity index (χ0n) is 16.7. The summed E-state index contributed by atoms with van der Waals surface area (Å²) < 4.78 is 6.09. The number of aromatic amines is 1. The van der Waals surface area contributed by atoms with Crippen molar-refractivity contribution in [3.8, 4) is 16.9 Å². The molecule has 1 aliphatic rings. The maximum atomic E-state index is 6.09. The topological polar surface area (TPSA) is 62.8 Å². The monoisotopic (exact) mass is 404 g/mol. The SMILES string of the molecule is c1ccc(COc2cccc(C3Nc4ccccc4-c4cnnc5[nH]cc3c45)c2)cc1. The largest absolute Gasteiger partial charge is 0.489 e. The third-order valence-corrected chi connectivity index (χ3v) is 5.77. The lowest BCUT2D eigenvalue weighted by molar-refractivity contribution is 0.306. The standard InChI is InChI=1S/C26H20N4O/c1-2-7-17(8-3-1)16-31-19-10-6-9-18(13-19)25-22-14-27-26-24(22)21(15-28-30-26)20-11-4-5-12-23(20)29-25/h1-15,25,29H,16H2,(H,27,30). The van der Waals surface area contributed by atoms with Gasteiger partial charge in [0, 0.05) is 34.0 Å². The Bertz CT molecular complexity index is 1380. The van der Waals surface area contributed by atoms with Crippen molar-refractivity contribution >= 4 is 16.7 Å². The van der Waals surface area contributed by atoms with E-state index in [1.54, 1.807) is 0 Å². The Labute approximate surface area is 179 Å². The minimum atomic E-state index is -0.0411. The fourth-order valence-electron chi connectivity index (χ4n) is 4.29. The first-order valence-corrected chi connectivity index (χ1v) is 10.3. The molecule has 0 spiro atoms. The molecule has 2 aromatic heterocycles. The van der Waals surface area contributed by atoms with Crippen LogP contribution in [0.2, 0.25) is 0 Å². The predicted octanol–water partition coefficient (Wildman–Crippen LogP) is 5.72. The van der Waals surface area contributed by atoms with Gasteiger partial charge in [0.25, 0.3) is 0 Å². The van der Waals surface area contributed by atoms with Crippen LogP contribution in [0.15, 0.2) is 91.3 Å². The lowest BCUT2D eigenvalue weighted by atomic mass is 9.97. The number of hydrogen-bond acceptors (Lipinski definition) is 4. The Hall–Kier alpha value is -4.12. The van der Waals surface area contributed by atoms with Crippen molar-refractivity contribution < 1.29 is 4.74 Å². The first-order chi connectivity index (χ1) is 15.4. The molecule has 0 amide bonds. The van der Waals surface area contributed by atoms with E-state index in [1.807, 2.05) is 42.7 Å². The van der Waals surface area contributed by atoms with E-state index in [1.165, 1.54) is 0 Å². The van der Waals surface area contributed by atoms with Crippen LogP contribution in [0.25, 0.3) is 22.2 Å². The van der Waals surface area contributed by atoms with Crippen molar-refractivity contribution in [1.82, 2.24) is 15.2 Å². The van der Waals surface area contributed by atoms with Gasteiger partial charge in [-0.3, -0.25) is 0 Å². The Balaban J connectivity index is 1.42. The van der Waals surface area contributed by atoms with E-state index in [-0.39, 0.29) is 6.04 Å². The molecule has 0 aliphatic carbocycles. The molecule has 0 saturated heterocycles. The second-order valence-corrected chi connectivity index (χ2v) is 7.70. The quantitative estimate of drug-likeness (QED) is 0.402. The van der Waals surface area contributed by atoms with Gasteiger partial charge in [0.15, 0.2) is 5.65 Å². The summed E-state index contributed by atoms with van der Waals surface area (Å²) in [6, 6.07) is 26.8. The molecular formula is C26H20N4O. The zero-order chi connectivity index (χ0) is 20.6. The van der Waals surface area contributed by atoms with Gasteiger partial charge >= 0.3 is 0 Å². The number of aromatic nitrogens is 3. The molecule has 6 rings (SSSR count). The molecule has 0 bridgehead atoms. The maximum absolute atomic E-state index is 6.09. The first-order valence-electron chi connectivity index (χ1n) is 10.3. The molecule has 31 heavy (non-hydrogen) atoms. The fraction of sp³-hybridized carbons (Fsp3) is 0.0769. The zero-order valence-corrected chi connectivity index (χ0v) is 16.7. The number of rotatable bonds is 4. The fourth-order valence-corrected chi connectivity index (χ4v) is 4.29. The van der Waals surface area contributed by atoms with Crippen LogP contribution < -0.4 is 10.1 Å². The molecule has 2 N–H and O–H groups in total. The molecule has 3 aromatic carbocycles.